The summed E-state index contributed by atoms with van der Waals surface area (Å²) in [7, 11) is 1.28. The normalized spacial score (nSPS) is 17.4. The zero-order valence-electron chi connectivity index (χ0n) is 9.88. The minimum absolute atomic E-state index is 0.124. The molecule has 1 saturated heterocycles. The van der Waals surface area contributed by atoms with E-state index in [9.17, 15) is 9.59 Å². The van der Waals surface area contributed by atoms with Crippen molar-refractivity contribution in [3.8, 4) is 0 Å². The summed E-state index contributed by atoms with van der Waals surface area (Å²) in [5, 5.41) is 2.76. The first-order chi connectivity index (χ1) is 7.67. The summed E-state index contributed by atoms with van der Waals surface area (Å²) < 4.78 is 9.57. The van der Waals surface area contributed by atoms with Crippen molar-refractivity contribution in [3.05, 3.63) is 0 Å². The fourth-order valence-electron chi connectivity index (χ4n) is 1.59. The van der Waals surface area contributed by atoms with Crippen LogP contribution in [0.25, 0.3) is 0 Å². The summed E-state index contributed by atoms with van der Waals surface area (Å²) in [6.45, 7) is 2.95. The van der Waals surface area contributed by atoms with E-state index in [1.165, 1.54) is 7.11 Å². The Kier molecular flexibility index (Phi) is 4.73. The number of esters is 1. The first kappa shape index (κ1) is 13.0. The fraction of sp³-hybridized carbons (Fsp3) is 0.818. The fourth-order valence-corrected chi connectivity index (χ4v) is 1.59. The van der Waals surface area contributed by atoms with Crippen molar-refractivity contribution >= 4 is 11.9 Å². The van der Waals surface area contributed by atoms with Gasteiger partial charge >= 0.3 is 5.97 Å². The number of hydrogen-bond acceptors (Lipinski definition) is 4. The van der Waals surface area contributed by atoms with Gasteiger partial charge in [-0.05, 0) is 6.42 Å². The van der Waals surface area contributed by atoms with Gasteiger partial charge in [-0.15, -0.1) is 0 Å². The van der Waals surface area contributed by atoms with Gasteiger partial charge in [0.25, 0.3) is 0 Å². The molecule has 1 aliphatic rings. The van der Waals surface area contributed by atoms with E-state index in [1.54, 1.807) is 0 Å². The predicted molar refractivity (Wildman–Crippen MR) is 57.8 cm³/mol. The van der Waals surface area contributed by atoms with Crippen molar-refractivity contribution in [2.24, 2.45) is 5.41 Å². The minimum atomic E-state index is -1.10. The van der Waals surface area contributed by atoms with Crippen LogP contribution in [0.15, 0.2) is 0 Å². The van der Waals surface area contributed by atoms with Crippen molar-refractivity contribution in [2.45, 2.75) is 26.2 Å². The molecule has 92 valence electrons. The van der Waals surface area contributed by atoms with E-state index in [0.717, 1.165) is 19.3 Å². The maximum absolute atomic E-state index is 11.8. The van der Waals surface area contributed by atoms with E-state index in [4.69, 9.17) is 4.74 Å². The topological polar surface area (TPSA) is 64.6 Å². The van der Waals surface area contributed by atoms with Gasteiger partial charge in [0, 0.05) is 6.54 Å². The highest BCUT2D eigenvalue weighted by Gasteiger charge is 2.53. The average molecular weight is 229 g/mol. The molecular formula is C11H19NO4. The largest absolute Gasteiger partial charge is 0.468 e. The zero-order valence-corrected chi connectivity index (χ0v) is 9.88. The standard InChI is InChI=1S/C11H19NO4/c1-3-4-5-6-12-9(13)11(7-16-8-11)10(14)15-2/h3-8H2,1-2H3,(H,12,13). The Morgan fingerprint density at radius 2 is 2.06 bits per heavy atom. The van der Waals surface area contributed by atoms with Crippen molar-refractivity contribution < 1.29 is 19.1 Å². The van der Waals surface area contributed by atoms with Crippen LogP contribution < -0.4 is 5.32 Å². The van der Waals surface area contributed by atoms with Crippen molar-refractivity contribution in [1.82, 2.24) is 5.32 Å². The molecule has 16 heavy (non-hydrogen) atoms. The molecule has 1 heterocycles. The molecule has 0 spiro atoms. The second kappa shape index (κ2) is 5.84. The Labute approximate surface area is 95.5 Å². The molecule has 5 heteroatoms. The van der Waals surface area contributed by atoms with Gasteiger partial charge in [0.2, 0.25) is 5.91 Å². The summed E-state index contributed by atoms with van der Waals surface area (Å²) in [6, 6.07) is 0. The molecule has 1 amide bonds. The highest BCUT2D eigenvalue weighted by atomic mass is 16.5. The van der Waals surface area contributed by atoms with Gasteiger partial charge in [-0.1, -0.05) is 19.8 Å². The summed E-state index contributed by atoms with van der Waals surface area (Å²) >= 11 is 0. The van der Waals surface area contributed by atoms with Crippen molar-refractivity contribution in [3.63, 3.8) is 0 Å². The molecular weight excluding hydrogens is 210 g/mol. The second-order valence-corrected chi connectivity index (χ2v) is 4.03. The molecule has 0 aromatic rings. The second-order valence-electron chi connectivity index (χ2n) is 4.03. The first-order valence-electron chi connectivity index (χ1n) is 5.62. The highest BCUT2D eigenvalue weighted by molar-refractivity contribution is 6.03. The number of rotatable bonds is 6. The Balaban J connectivity index is 2.41. The number of unbranched alkanes of at least 4 members (excludes halogenated alkanes) is 2. The van der Waals surface area contributed by atoms with E-state index in [0.29, 0.717) is 6.54 Å². The molecule has 1 rings (SSSR count). The lowest BCUT2D eigenvalue weighted by atomic mass is 9.85. The average Bonchev–Trinajstić information content (AvgIpc) is 2.22. The third-order valence-corrected chi connectivity index (χ3v) is 2.77. The van der Waals surface area contributed by atoms with Crippen LogP contribution in [0.1, 0.15) is 26.2 Å². The van der Waals surface area contributed by atoms with E-state index in [1.807, 2.05) is 0 Å². The minimum Gasteiger partial charge on any atom is -0.468 e. The van der Waals surface area contributed by atoms with E-state index >= 15 is 0 Å². The number of hydrogen-bond donors (Lipinski definition) is 1. The molecule has 1 N–H and O–H groups in total. The van der Waals surface area contributed by atoms with Crippen LogP contribution in [-0.2, 0) is 19.1 Å². The lowest BCUT2D eigenvalue weighted by Crippen LogP contribution is -2.59. The Bertz CT molecular complexity index is 261. The van der Waals surface area contributed by atoms with Crippen LogP contribution in [0.5, 0.6) is 0 Å². The lowest BCUT2D eigenvalue weighted by Gasteiger charge is -2.36. The SMILES string of the molecule is CCCCCNC(=O)C1(C(=O)OC)COC1. The zero-order chi connectivity index (χ0) is 12.0. The van der Waals surface area contributed by atoms with Gasteiger partial charge in [-0.25, -0.2) is 0 Å². The van der Waals surface area contributed by atoms with E-state index in [2.05, 4.69) is 17.0 Å². The van der Waals surface area contributed by atoms with Gasteiger partial charge in [0.15, 0.2) is 5.41 Å². The molecule has 0 unspecified atom stereocenters. The predicted octanol–water partition coefficient (Wildman–Crippen LogP) is 0.482. The van der Waals surface area contributed by atoms with Crippen LogP contribution in [-0.4, -0.2) is 38.7 Å². The number of carbonyl (C=O) groups excluding carboxylic acids is 2. The smallest absolute Gasteiger partial charge is 0.326 e. The highest BCUT2D eigenvalue weighted by Crippen LogP contribution is 2.29. The molecule has 0 radical (unpaired) electrons. The lowest BCUT2D eigenvalue weighted by molar-refractivity contribution is -0.188. The van der Waals surface area contributed by atoms with E-state index in [-0.39, 0.29) is 19.1 Å². The molecule has 0 aliphatic carbocycles. The maximum atomic E-state index is 11.8. The molecule has 1 fully saturated rings. The van der Waals surface area contributed by atoms with Crippen LogP contribution in [0.3, 0.4) is 0 Å². The van der Waals surface area contributed by atoms with Crippen LogP contribution >= 0.6 is 0 Å². The molecule has 0 bridgehead atoms. The van der Waals surface area contributed by atoms with Crippen LogP contribution in [0.2, 0.25) is 0 Å². The number of carbonyl (C=O) groups is 2. The monoisotopic (exact) mass is 229 g/mol. The summed E-state index contributed by atoms with van der Waals surface area (Å²) in [4.78, 5) is 23.3. The third-order valence-electron chi connectivity index (χ3n) is 2.77. The number of amides is 1. The van der Waals surface area contributed by atoms with Crippen LogP contribution in [0, 0.1) is 5.41 Å². The molecule has 1 aliphatic heterocycles. The molecule has 5 nitrogen and oxygen atoms in total. The number of ether oxygens (including phenoxy) is 2. The van der Waals surface area contributed by atoms with Crippen LogP contribution in [0.4, 0.5) is 0 Å². The van der Waals surface area contributed by atoms with Gasteiger partial charge in [0.05, 0.1) is 20.3 Å². The van der Waals surface area contributed by atoms with Crippen molar-refractivity contribution in [1.29, 1.82) is 0 Å². The Morgan fingerprint density at radius 1 is 1.38 bits per heavy atom. The number of nitrogens with one attached hydrogen (secondary N) is 1. The van der Waals surface area contributed by atoms with E-state index < -0.39 is 11.4 Å². The number of methoxy groups -OCH3 is 1. The quantitative estimate of drug-likeness (QED) is 0.409. The summed E-state index contributed by atoms with van der Waals surface area (Å²) in [5.41, 5.74) is -1.10. The molecule has 0 aromatic carbocycles. The Morgan fingerprint density at radius 3 is 2.50 bits per heavy atom. The first-order valence-corrected chi connectivity index (χ1v) is 5.62. The van der Waals surface area contributed by atoms with Gasteiger partial charge < -0.3 is 14.8 Å². The summed E-state index contributed by atoms with van der Waals surface area (Å²) in [6.07, 6.45) is 3.10. The third kappa shape index (κ3) is 2.52. The van der Waals surface area contributed by atoms with Gasteiger partial charge in [-0.3, -0.25) is 9.59 Å². The maximum Gasteiger partial charge on any atom is 0.326 e. The molecule has 0 saturated carbocycles. The van der Waals surface area contributed by atoms with Gasteiger partial charge in [0.1, 0.15) is 0 Å². The van der Waals surface area contributed by atoms with Crippen molar-refractivity contribution in [2.75, 3.05) is 26.9 Å². The summed E-state index contributed by atoms with van der Waals surface area (Å²) in [5.74, 6) is -0.784. The van der Waals surface area contributed by atoms with Gasteiger partial charge in [-0.2, -0.15) is 0 Å². The molecule has 0 aromatic heterocycles. The Hall–Kier alpha value is -1.10. The molecule has 0 atom stereocenters.